The maximum absolute atomic E-state index is 11.9. The summed E-state index contributed by atoms with van der Waals surface area (Å²) >= 11 is 1.44. The molecule has 0 amide bonds. The van der Waals surface area contributed by atoms with Crippen molar-refractivity contribution in [3.63, 3.8) is 0 Å². The Kier molecular flexibility index (Phi) is 3.92. The van der Waals surface area contributed by atoms with Gasteiger partial charge in [-0.3, -0.25) is 4.57 Å². The molecule has 108 valence electrons. The zero-order valence-electron chi connectivity index (χ0n) is 11.4. The lowest BCUT2D eigenvalue weighted by Crippen LogP contribution is -2.18. The summed E-state index contributed by atoms with van der Waals surface area (Å²) in [6.45, 7) is 2.37. The Hall–Kier alpha value is -2.28. The first-order valence-electron chi connectivity index (χ1n) is 6.46. The van der Waals surface area contributed by atoms with Gasteiger partial charge in [-0.05, 0) is 12.5 Å². The van der Waals surface area contributed by atoms with Gasteiger partial charge in [-0.1, -0.05) is 47.3 Å². The molecule has 0 aliphatic carbocycles. The van der Waals surface area contributed by atoms with Gasteiger partial charge < -0.3 is 4.52 Å². The van der Waals surface area contributed by atoms with Gasteiger partial charge in [-0.15, -0.1) is 5.10 Å². The van der Waals surface area contributed by atoms with Crippen LogP contribution in [0.4, 0.5) is 0 Å². The van der Waals surface area contributed by atoms with Crippen LogP contribution >= 0.6 is 11.8 Å². The van der Waals surface area contributed by atoms with Gasteiger partial charge in [-0.25, -0.2) is 9.89 Å². The van der Waals surface area contributed by atoms with E-state index < -0.39 is 0 Å². The van der Waals surface area contributed by atoms with Gasteiger partial charge in [0.1, 0.15) is 5.76 Å². The number of rotatable bonds is 5. The Morgan fingerprint density at radius 3 is 2.86 bits per heavy atom. The maximum Gasteiger partial charge on any atom is 0.344 e. The summed E-state index contributed by atoms with van der Waals surface area (Å²) in [5.74, 6) is 1.35. The van der Waals surface area contributed by atoms with E-state index in [2.05, 4.69) is 15.4 Å². The van der Waals surface area contributed by atoms with Gasteiger partial charge in [0.25, 0.3) is 0 Å². The minimum Gasteiger partial charge on any atom is -0.360 e. The third kappa shape index (κ3) is 3.25. The minimum atomic E-state index is -0.213. The minimum absolute atomic E-state index is 0.213. The molecule has 3 rings (SSSR count). The van der Waals surface area contributed by atoms with Crippen LogP contribution in [0.3, 0.4) is 0 Å². The fourth-order valence-electron chi connectivity index (χ4n) is 1.94. The van der Waals surface area contributed by atoms with Gasteiger partial charge in [0.2, 0.25) is 0 Å². The van der Waals surface area contributed by atoms with Crippen molar-refractivity contribution in [3.05, 3.63) is 63.9 Å². The van der Waals surface area contributed by atoms with Gasteiger partial charge in [0, 0.05) is 6.07 Å². The summed E-state index contributed by atoms with van der Waals surface area (Å²) in [4.78, 5) is 11.9. The summed E-state index contributed by atoms with van der Waals surface area (Å²) in [7, 11) is 0. The van der Waals surface area contributed by atoms with Gasteiger partial charge in [-0.2, -0.15) is 0 Å². The van der Waals surface area contributed by atoms with E-state index in [0.717, 1.165) is 17.0 Å². The second-order valence-electron chi connectivity index (χ2n) is 4.61. The van der Waals surface area contributed by atoms with Crippen LogP contribution in [-0.4, -0.2) is 19.9 Å². The third-order valence-corrected chi connectivity index (χ3v) is 3.93. The van der Waals surface area contributed by atoms with Crippen LogP contribution in [0.15, 0.2) is 50.9 Å². The molecule has 0 unspecified atom stereocenters. The van der Waals surface area contributed by atoms with E-state index in [1.165, 1.54) is 11.8 Å². The molecule has 0 aliphatic heterocycles. The highest BCUT2D eigenvalue weighted by molar-refractivity contribution is 7.98. The van der Waals surface area contributed by atoms with E-state index >= 15 is 0 Å². The largest absolute Gasteiger partial charge is 0.360 e. The molecule has 7 heteroatoms. The number of hydrogen-bond donors (Lipinski definition) is 1. The van der Waals surface area contributed by atoms with Crippen molar-refractivity contribution in [2.24, 2.45) is 0 Å². The summed E-state index contributed by atoms with van der Waals surface area (Å²) < 4.78 is 6.77. The molecule has 0 saturated carbocycles. The maximum atomic E-state index is 11.9. The molecule has 21 heavy (non-hydrogen) atoms. The molecule has 0 saturated heterocycles. The molecule has 0 radical (unpaired) electrons. The Labute approximate surface area is 125 Å². The first kappa shape index (κ1) is 13.7. The lowest BCUT2D eigenvalue weighted by molar-refractivity contribution is 0.391. The van der Waals surface area contributed by atoms with E-state index in [9.17, 15) is 4.79 Å². The van der Waals surface area contributed by atoms with Crippen molar-refractivity contribution >= 4 is 11.8 Å². The molecule has 0 bridgehead atoms. The number of hydrogen-bond acceptors (Lipinski definition) is 5. The van der Waals surface area contributed by atoms with Crippen molar-refractivity contribution in [2.75, 3.05) is 0 Å². The molecule has 2 aromatic heterocycles. The Morgan fingerprint density at radius 2 is 2.14 bits per heavy atom. The lowest BCUT2D eigenvalue weighted by atomic mass is 10.2. The van der Waals surface area contributed by atoms with Gasteiger partial charge in [0.15, 0.2) is 5.16 Å². The fraction of sp³-hybridized carbons (Fsp3) is 0.214. The first-order valence-corrected chi connectivity index (χ1v) is 7.45. The molecular weight excluding hydrogens is 288 g/mol. The molecule has 3 aromatic rings. The normalized spacial score (nSPS) is 10.9. The number of aromatic nitrogens is 4. The van der Waals surface area contributed by atoms with Crippen LogP contribution in [0, 0.1) is 6.92 Å². The monoisotopic (exact) mass is 302 g/mol. The average Bonchev–Trinajstić information content (AvgIpc) is 3.06. The van der Waals surface area contributed by atoms with E-state index in [1.54, 1.807) is 4.57 Å². The van der Waals surface area contributed by atoms with Crippen LogP contribution in [0.5, 0.6) is 0 Å². The van der Waals surface area contributed by atoms with Crippen molar-refractivity contribution in [1.82, 2.24) is 19.9 Å². The van der Waals surface area contributed by atoms with Crippen molar-refractivity contribution in [3.8, 4) is 0 Å². The van der Waals surface area contributed by atoms with Crippen LogP contribution in [0.25, 0.3) is 0 Å². The lowest BCUT2D eigenvalue weighted by Gasteiger charge is -2.04. The van der Waals surface area contributed by atoms with Crippen molar-refractivity contribution in [2.45, 2.75) is 24.4 Å². The predicted octanol–water partition coefficient (Wildman–Crippen LogP) is 2.21. The van der Waals surface area contributed by atoms with Gasteiger partial charge in [0.05, 0.1) is 18.0 Å². The highest BCUT2D eigenvalue weighted by atomic mass is 32.2. The smallest absolute Gasteiger partial charge is 0.344 e. The first-order chi connectivity index (χ1) is 10.2. The predicted molar refractivity (Wildman–Crippen MR) is 79.2 cm³/mol. The fourth-order valence-corrected chi connectivity index (χ4v) is 2.76. The van der Waals surface area contributed by atoms with Crippen LogP contribution in [0.2, 0.25) is 0 Å². The molecule has 1 N–H and O–H groups in total. The zero-order valence-corrected chi connectivity index (χ0v) is 12.3. The second kappa shape index (κ2) is 6.01. The van der Waals surface area contributed by atoms with E-state index in [4.69, 9.17) is 4.52 Å². The van der Waals surface area contributed by atoms with Crippen LogP contribution < -0.4 is 5.69 Å². The highest BCUT2D eigenvalue weighted by Crippen LogP contribution is 2.20. The highest BCUT2D eigenvalue weighted by Gasteiger charge is 2.11. The second-order valence-corrected chi connectivity index (χ2v) is 5.55. The Morgan fingerprint density at radius 1 is 1.33 bits per heavy atom. The third-order valence-electron chi connectivity index (χ3n) is 2.93. The number of benzene rings is 1. The number of aryl methyl sites for hydroxylation is 1. The summed E-state index contributed by atoms with van der Waals surface area (Å²) in [5.41, 5.74) is 1.68. The van der Waals surface area contributed by atoms with Crippen LogP contribution in [-0.2, 0) is 12.3 Å². The molecule has 0 fully saturated rings. The van der Waals surface area contributed by atoms with E-state index in [0.29, 0.717) is 17.5 Å². The molecule has 0 spiro atoms. The van der Waals surface area contributed by atoms with E-state index in [-0.39, 0.29) is 5.69 Å². The zero-order chi connectivity index (χ0) is 14.7. The number of nitrogens with one attached hydrogen (secondary N) is 1. The van der Waals surface area contributed by atoms with Crippen molar-refractivity contribution < 1.29 is 4.52 Å². The quantitative estimate of drug-likeness (QED) is 0.731. The summed E-state index contributed by atoms with van der Waals surface area (Å²) in [6, 6.07) is 11.7. The Bertz CT molecular complexity index is 776. The SMILES string of the molecule is Cc1cc(CSc2n[nH]c(=O)n2Cc2ccccc2)on1. The van der Waals surface area contributed by atoms with E-state index in [1.807, 2.05) is 43.3 Å². The Balaban J connectivity index is 1.75. The summed E-state index contributed by atoms with van der Waals surface area (Å²) in [5, 5.41) is 11.0. The molecule has 6 nitrogen and oxygen atoms in total. The standard InChI is InChI=1S/C14H14N4O2S/c1-10-7-12(20-17-10)9-21-14-16-15-13(19)18(14)8-11-5-3-2-4-6-11/h2-7H,8-9H2,1H3,(H,15,19). The van der Waals surface area contributed by atoms with Gasteiger partial charge >= 0.3 is 5.69 Å². The molecule has 2 heterocycles. The number of thioether (sulfide) groups is 1. The number of nitrogens with zero attached hydrogens (tertiary/aromatic N) is 3. The number of H-pyrrole nitrogens is 1. The average molecular weight is 302 g/mol. The number of aromatic amines is 1. The molecule has 1 aromatic carbocycles. The topological polar surface area (TPSA) is 76.7 Å². The van der Waals surface area contributed by atoms with Crippen LogP contribution in [0.1, 0.15) is 17.0 Å². The van der Waals surface area contributed by atoms with Crippen molar-refractivity contribution in [1.29, 1.82) is 0 Å². The molecule has 0 atom stereocenters. The summed E-state index contributed by atoms with van der Waals surface area (Å²) in [6.07, 6.45) is 0. The molecule has 0 aliphatic rings. The molecular formula is C14H14N4O2S.